The van der Waals surface area contributed by atoms with E-state index in [9.17, 15) is 4.79 Å². The molecule has 0 atom stereocenters. The van der Waals surface area contributed by atoms with E-state index < -0.39 is 0 Å². The molecule has 0 saturated carbocycles. The number of nitrogens with zero attached hydrogens (tertiary/aromatic N) is 4. The van der Waals surface area contributed by atoms with Gasteiger partial charge >= 0.3 is 0 Å². The van der Waals surface area contributed by atoms with Gasteiger partial charge in [-0.2, -0.15) is 5.10 Å². The number of para-hydroxylation sites is 1. The summed E-state index contributed by atoms with van der Waals surface area (Å²) >= 11 is 1.73. The number of aromatic amines is 1. The molecule has 0 aliphatic carbocycles. The molecule has 25 heavy (non-hydrogen) atoms. The van der Waals surface area contributed by atoms with Crippen LogP contribution in [0.4, 0.5) is 5.82 Å². The summed E-state index contributed by atoms with van der Waals surface area (Å²) in [6.07, 6.45) is 2.27. The summed E-state index contributed by atoms with van der Waals surface area (Å²) in [4.78, 5) is 18.5. The van der Waals surface area contributed by atoms with Gasteiger partial charge in [-0.05, 0) is 31.5 Å². The number of hydrogen-bond donors (Lipinski definition) is 1. The van der Waals surface area contributed by atoms with Gasteiger partial charge in [0, 0.05) is 38.1 Å². The fourth-order valence-corrected chi connectivity index (χ4v) is 4.55. The first-order valence-electron chi connectivity index (χ1n) is 9.07. The van der Waals surface area contributed by atoms with Gasteiger partial charge in [-0.3, -0.25) is 14.8 Å². The first-order valence-corrected chi connectivity index (χ1v) is 10.2. The van der Waals surface area contributed by atoms with E-state index in [1.54, 1.807) is 11.8 Å². The number of amides is 1. The number of unbranched alkanes of at least 4 members (excludes halogenated alkanes) is 1. The number of H-pyrrole nitrogens is 1. The van der Waals surface area contributed by atoms with Crippen LogP contribution < -0.4 is 4.90 Å². The highest BCUT2D eigenvalue weighted by atomic mass is 32.2. The van der Waals surface area contributed by atoms with Gasteiger partial charge in [0.2, 0.25) is 5.91 Å². The maximum atomic E-state index is 11.6. The maximum absolute atomic E-state index is 11.6. The number of piperazine rings is 1. The molecule has 4 rings (SSSR count). The monoisotopic (exact) mass is 359 g/mol. The van der Waals surface area contributed by atoms with Gasteiger partial charge in [0.15, 0.2) is 5.82 Å². The molecule has 2 saturated heterocycles. The Morgan fingerprint density at radius 2 is 1.88 bits per heavy atom. The van der Waals surface area contributed by atoms with E-state index in [1.165, 1.54) is 11.8 Å². The Bertz CT molecular complexity index is 725. The van der Waals surface area contributed by atoms with Crippen molar-refractivity contribution in [2.45, 2.75) is 12.8 Å². The van der Waals surface area contributed by atoms with Crippen LogP contribution in [0, 0.1) is 0 Å². The van der Waals surface area contributed by atoms with Gasteiger partial charge < -0.3 is 9.80 Å². The average molecular weight is 359 g/mol. The number of carbonyl (C=O) groups excluding carboxylic acids is 1. The van der Waals surface area contributed by atoms with Crippen LogP contribution in [-0.2, 0) is 4.79 Å². The van der Waals surface area contributed by atoms with Gasteiger partial charge in [-0.15, -0.1) is 11.8 Å². The Kier molecular flexibility index (Phi) is 5.12. The zero-order valence-electron chi connectivity index (χ0n) is 14.5. The maximum Gasteiger partial charge on any atom is 0.233 e. The highest BCUT2D eigenvalue weighted by molar-refractivity contribution is 8.00. The molecule has 2 fully saturated rings. The fourth-order valence-electron chi connectivity index (χ4n) is 3.61. The second kappa shape index (κ2) is 7.66. The summed E-state index contributed by atoms with van der Waals surface area (Å²) < 4.78 is 0. The number of anilines is 1. The number of fused-ring (bicyclic) bond motifs is 1. The van der Waals surface area contributed by atoms with E-state index in [-0.39, 0.29) is 0 Å². The smallest absolute Gasteiger partial charge is 0.233 e. The van der Waals surface area contributed by atoms with E-state index >= 15 is 0 Å². The Morgan fingerprint density at radius 3 is 2.68 bits per heavy atom. The van der Waals surface area contributed by atoms with Crippen LogP contribution in [0.25, 0.3) is 10.9 Å². The Balaban J connectivity index is 1.21. The van der Waals surface area contributed by atoms with Crippen LogP contribution in [0.1, 0.15) is 12.8 Å². The number of aromatic nitrogens is 2. The summed E-state index contributed by atoms with van der Waals surface area (Å²) in [7, 11) is 0. The van der Waals surface area contributed by atoms with Crippen LogP contribution in [0.15, 0.2) is 24.3 Å². The number of nitrogens with one attached hydrogen (secondary N) is 1. The number of rotatable bonds is 6. The molecule has 1 aromatic carbocycles. The van der Waals surface area contributed by atoms with Crippen molar-refractivity contribution in [3.63, 3.8) is 0 Å². The number of hydrogen-bond acceptors (Lipinski definition) is 5. The quantitative estimate of drug-likeness (QED) is 0.800. The largest absolute Gasteiger partial charge is 0.352 e. The first kappa shape index (κ1) is 16.7. The molecule has 0 unspecified atom stereocenters. The minimum Gasteiger partial charge on any atom is -0.352 e. The minimum atomic E-state index is 0.310. The third kappa shape index (κ3) is 3.77. The molecule has 0 radical (unpaired) electrons. The average Bonchev–Trinajstić information content (AvgIpc) is 3.26. The van der Waals surface area contributed by atoms with Crippen LogP contribution >= 0.6 is 11.8 Å². The predicted molar refractivity (Wildman–Crippen MR) is 103 cm³/mol. The molecule has 134 valence electrons. The zero-order valence-corrected chi connectivity index (χ0v) is 15.3. The van der Waals surface area contributed by atoms with Gasteiger partial charge in [-0.25, -0.2) is 0 Å². The number of thioether (sulfide) groups is 1. The zero-order chi connectivity index (χ0) is 17.1. The Hall–Kier alpha value is -1.73. The fraction of sp³-hybridized carbons (Fsp3) is 0.556. The van der Waals surface area contributed by atoms with Crippen molar-refractivity contribution in [2.75, 3.05) is 55.8 Å². The topological polar surface area (TPSA) is 55.5 Å². The predicted octanol–water partition coefficient (Wildman–Crippen LogP) is 2.00. The van der Waals surface area contributed by atoms with Gasteiger partial charge in [0.1, 0.15) is 0 Å². The molecule has 1 N–H and O–H groups in total. The summed E-state index contributed by atoms with van der Waals surface area (Å²) in [5, 5.41) is 8.86. The molecule has 2 aliphatic rings. The molecule has 2 aromatic rings. The highest BCUT2D eigenvalue weighted by Gasteiger charge is 2.21. The summed E-state index contributed by atoms with van der Waals surface area (Å²) in [5.41, 5.74) is 1.11. The third-order valence-corrected chi connectivity index (χ3v) is 6.05. The van der Waals surface area contributed by atoms with E-state index in [4.69, 9.17) is 0 Å². The molecule has 0 spiro atoms. The molecular formula is C18H25N5OS. The molecule has 1 aromatic heterocycles. The van der Waals surface area contributed by atoms with Crippen molar-refractivity contribution in [2.24, 2.45) is 0 Å². The van der Waals surface area contributed by atoms with Crippen molar-refractivity contribution in [1.82, 2.24) is 20.0 Å². The Morgan fingerprint density at radius 1 is 1.08 bits per heavy atom. The molecule has 2 aliphatic heterocycles. The van der Waals surface area contributed by atoms with Crippen molar-refractivity contribution >= 4 is 34.4 Å². The van der Waals surface area contributed by atoms with Crippen molar-refractivity contribution < 1.29 is 4.79 Å². The molecule has 6 nitrogen and oxygen atoms in total. The van der Waals surface area contributed by atoms with Crippen LogP contribution in [0.2, 0.25) is 0 Å². The lowest BCUT2D eigenvalue weighted by Gasteiger charge is -2.35. The summed E-state index contributed by atoms with van der Waals surface area (Å²) in [6.45, 7) is 6.26. The molecule has 0 bridgehead atoms. The Labute approximate surface area is 152 Å². The molecular weight excluding hydrogens is 334 g/mol. The number of benzene rings is 1. The van der Waals surface area contributed by atoms with Crippen LogP contribution in [-0.4, -0.2) is 76.8 Å². The summed E-state index contributed by atoms with van der Waals surface area (Å²) in [6, 6.07) is 8.32. The lowest BCUT2D eigenvalue weighted by Crippen LogP contribution is -2.46. The van der Waals surface area contributed by atoms with E-state index in [0.717, 1.165) is 62.9 Å². The first-order chi connectivity index (χ1) is 12.3. The van der Waals surface area contributed by atoms with E-state index in [2.05, 4.69) is 38.2 Å². The van der Waals surface area contributed by atoms with Crippen molar-refractivity contribution in [3.05, 3.63) is 24.3 Å². The van der Waals surface area contributed by atoms with Gasteiger partial charge in [0.25, 0.3) is 0 Å². The normalized spacial score (nSPS) is 19.3. The summed E-state index contributed by atoms with van der Waals surface area (Å²) in [5.74, 6) is 2.95. The van der Waals surface area contributed by atoms with Gasteiger partial charge in [0.05, 0.1) is 17.1 Å². The second-order valence-electron chi connectivity index (χ2n) is 6.76. The molecule has 3 heterocycles. The lowest BCUT2D eigenvalue weighted by atomic mass is 10.2. The standard InChI is InChI=1S/C18H25N5OS/c24-17-13-25-14-23(17)8-4-3-7-21-9-11-22(12-10-21)18-15-5-1-2-6-16(15)19-20-18/h1-2,5-6H,3-4,7-14H2,(H,19,20). The molecule has 7 heteroatoms. The van der Waals surface area contributed by atoms with Crippen LogP contribution in [0.3, 0.4) is 0 Å². The van der Waals surface area contributed by atoms with E-state index in [1.807, 2.05) is 11.0 Å². The molecule has 1 amide bonds. The van der Waals surface area contributed by atoms with E-state index in [0.29, 0.717) is 11.7 Å². The van der Waals surface area contributed by atoms with Gasteiger partial charge in [-0.1, -0.05) is 12.1 Å². The second-order valence-corrected chi connectivity index (χ2v) is 7.72. The minimum absolute atomic E-state index is 0.310. The number of carbonyl (C=O) groups is 1. The van der Waals surface area contributed by atoms with Crippen molar-refractivity contribution in [1.29, 1.82) is 0 Å². The highest BCUT2D eigenvalue weighted by Crippen LogP contribution is 2.24. The van der Waals surface area contributed by atoms with Crippen molar-refractivity contribution in [3.8, 4) is 0 Å². The SMILES string of the molecule is O=C1CSCN1CCCCN1CCN(c2n[nH]c3ccccc23)CC1. The van der Waals surface area contributed by atoms with Crippen LogP contribution in [0.5, 0.6) is 0 Å². The third-order valence-electron chi connectivity index (χ3n) is 5.10. The lowest BCUT2D eigenvalue weighted by molar-refractivity contribution is -0.126.